The van der Waals surface area contributed by atoms with Crippen molar-refractivity contribution in [3.8, 4) is 17.0 Å². The van der Waals surface area contributed by atoms with Gasteiger partial charge in [-0.3, -0.25) is 9.63 Å². The minimum Gasteiger partial charge on any atom is -0.493 e. The highest BCUT2D eigenvalue weighted by atomic mass is 35.5. The first kappa shape index (κ1) is 20.2. The highest BCUT2D eigenvalue weighted by molar-refractivity contribution is 6.33. The number of hydrogen-bond acceptors (Lipinski definition) is 5. The van der Waals surface area contributed by atoms with Crippen molar-refractivity contribution >= 4 is 28.3 Å². The molecule has 1 fully saturated rings. The molecule has 6 nitrogen and oxygen atoms in total. The monoisotopic (exact) mass is 464 g/mol. The van der Waals surface area contributed by atoms with E-state index >= 15 is 0 Å². The quantitative estimate of drug-likeness (QED) is 0.379. The Hall–Kier alpha value is -3.42. The van der Waals surface area contributed by atoms with Gasteiger partial charge in [-0.1, -0.05) is 53.2 Å². The molecule has 0 unspecified atom stereocenters. The molecule has 2 aliphatic heterocycles. The van der Waals surface area contributed by atoms with Crippen LogP contribution in [0.15, 0.2) is 59.1 Å². The number of fused-ring (bicyclic) bond motifs is 5. The Morgan fingerprint density at radius 2 is 1.97 bits per heavy atom. The molecular formula is C25H18ClFN2O4. The summed E-state index contributed by atoms with van der Waals surface area (Å²) in [4.78, 5) is 19.7. The number of carbonyl (C=O) groups excluding carboxylic acids is 1. The third kappa shape index (κ3) is 3.03. The number of rotatable bonds is 2. The Balaban J connectivity index is 1.49. The third-order valence-electron chi connectivity index (χ3n) is 6.28. The van der Waals surface area contributed by atoms with Crippen LogP contribution >= 0.6 is 11.6 Å². The minimum atomic E-state index is -0.590. The van der Waals surface area contributed by atoms with E-state index in [1.54, 1.807) is 13.0 Å². The van der Waals surface area contributed by atoms with Crippen molar-refractivity contribution in [2.45, 2.75) is 13.0 Å². The number of carbonyl (C=O) groups is 1. The molecule has 3 aromatic carbocycles. The van der Waals surface area contributed by atoms with Crippen LogP contribution in [0, 0.1) is 18.7 Å². The lowest BCUT2D eigenvalue weighted by molar-refractivity contribution is -0.0966. The van der Waals surface area contributed by atoms with Crippen molar-refractivity contribution in [1.29, 1.82) is 0 Å². The predicted octanol–water partition coefficient (Wildman–Crippen LogP) is 5.73. The molecule has 1 aromatic heterocycles. The van der Waals surface area contributed by atoms with E-state index in [2.05, 4.69) is 5.16 Å². The number of nitrogens with zero attached hydrogens (tertiary/aromatic N) is 2. The summed E-state index contributed by atoms with van der Waals surface area (Å²) in [7, 11) is 0. The molecule has 0 bridgehead atoms. The SMILES string of the molecule is Cc1onc(-c2c(F)cccc2Cl)c1C(=O)N1OC[C@@H]2COc3ccc4ccccc4c3[C@@H]21. The smallest absolute Gasteiger partial charge is 0.283 e. The molecule has 4 aromatic rings. The van der Waals surface area contributed by atoms with Gasteiger partial charge in [0.15, 0.2) is 0 Å². The summed E-state index contributed by atoms with van der Waals surface area (Å²) in [6.07, 6.45) is 0. The lowest BCUT2D eigenvalue weighted by Crippen LogP contribution is -2.35. The van der Waals surface area contributed by atoms with Crippen LogP contribution in [0.4, 0.5) is 4.39 Å². The minimum absolute atomic E-state index is 0.0212. The van der Waals surface area contributed by atoms with Crippen molar-refractivity contribution in [3.05, 3.63) is 82.3 Å². The van der Waals surface area contributed by atoms with Crippen LogP contribution in [0.1, 0.15) is 27.7 Å². The molecule has 0 N–H and O–H groups in total. The van der Waals surface area contributed by atoms with Crippen molar-refractivity contribution in [3.63, 3.8) is 0 Å². The Morgan fingerprint density at radius 1 is 1.12 bits per heavy atom. The Labute approximate surface area is 193 Å². The normalized spacial score (nSPS) is 19.3. The van der Waals surface area contributed by atoms with Gasteiger partial charge in [0.25, 0.3) is 5.91 Å². The van der Waals surface area contributed by atoms with Gasteiger partial charge in [0.1, 0.15) is 28.6 Å². The number of aromatic nitrogens is 1. The van der Waals surface area contributed by atoms with E-state index in [0.717, 1.165) is 22.1 Å². The molecule has 0 saturated carbocycles. The highest BCUT2D eigenvalue weighted by Crippen LogP contribution is 2.47. The average Bonchev–Trinajstić information content (AvgIpc) is 3.42. The Morgan fingerprint density at radius 3 is 2.82 bits per heavy atom. The molecule has 0 aliphatic carbocycles. The molecule has 1 amide bonds. The molecule has 166 valence electrons. The summed E-state index contributed by atoms with van der Waals surface area (Å²) in [5.41, 5.74) is 1.09. The van der Waals surface area contributed by atoms with E-state index in [9.17, 15) is 9.18 Å². The summed E-state index contributed by atoms with van der Waals surface area (Å²) in [6, 6.07) is 15.8. The van der Waals surface area contributed by atoms with Crippen LogP contribution in [0.5, 0.6) is 5.75 Å². The van der Waals surface area contributed by atoms with Gasteiger partial charge in [-0.2, -0.15) is 0 Å². The van der Waals surface area contributed by atoms with Crippen LogP contribution in [-0.4, -0.2) is 29.3 Å². The molecule has 2 aliphatic rings. The fourth-order valence-corrected chi connectivity index (χ4v) is 5.00. The number of hydroxylamine groups is 2. The van der Waals surface area contributed by atoms with Crippen molar-refractivity contribution in [2.75, 3.05) is 13.2 Å². The van der Waals surface area contributed by atoms with E-state index in [-0.39, 0.29) is 39.6 Å². The number of ether oxygens (including phenoxy) is 1. The molecule has 1 saturated heterocycles. The zero-order valence-electron chi connectivity index (χ0n) is 17.5. The number of aryl methyl sites for hydroxylation is 1. The zero-order valence-corrected chi connectivity index (χ0v) is 18.3. The molecule has 3 heterocycles. The number of benzene rings is 3. The predicted molar refractivity (Wildman–Crippen MR) is 119 cm³/mol. The molecule has 6 rings (SSSR count). The molecule has 33 heavy (non-hydrogen) atoms. The average molecular weight is 465 g/mol. The van der Waals surface area contributed by atoms with Gasteiger partial charge in [0.2, 0.25) is 0 Å². The van der Waals surface area contributed by atoms with E-state index < -0.39 is 11.7 Å². The van der Waals surface area contributed by atoms with Gasteiger partial charge in [-0.05, 0) is 35.9 Å². The maximum atomic E-state index is 14.7. The summed E-state index contributed by atoms with van der Waals surface area (Å²) in [5, 5.41) is 7.50. The van der Waals surface area contributed by atoms with Crippen LogP contribution in [-0.2, 0) is 4.84 Å². The third-order valence-corrected chi connectivity index (χ3v) is 6.60. The van der Waals surface area contributed by atoms with Crippen molar-refractivity contribution in [1.82, 2.24) is 10.2 Å². The molecule has 0 radical (unpaired) electrons. The fraction of sp³-hybridized carbons (Fsp3) is 0.200. The van der Waals surface area contributed by atoms with Crippen LogP contribution in [0.2, 0.25) is 5.02 Å². The second-order valence-electron chi connectivity index (χ2n) is 8.20. The van der Waals surface area contributed by atoms with Gasteiger partial charge < -0.3 is 9.26 Å². The first-order valence-corrected chi connectivity index (χ1v) is 10.9. The fourth-order valence-electron chi connectivity index (χ4n) is 4.75. The second kappa shape index (κ2) is 7.57. The van der Waals surface area contributed by atoms with Gasteiger partial charge in [-0.15, -0.1) is 0 Å². The maximum Gasteiger partial charge on any atom is 0.283 e. The maximum absolute atomic E-state index is 14.7. The van der Waals surface area contributed by atoms with Gasteiger partial charge in [0.05, 0.1) is 29.8 Å². The number of hydrogen-bond donors (Lipinski definition) is 0. The second-order valence-corrected chi connectivity index (χ2v) is 8.61. The van der Waals surface area contributed by atoms with Gasteiger partial charge in [0, 0.05) is 11.5 Å². The van der Waals surface area contributed by atoms with Crippen LogP contribution < -0.4 is 4.74 Å². The molecule has 8 heteroatoms. The van der Waals surface area contributed by atoms with Crippen molar-refractivity contribution < 1.29 is 23.3 Å². The number of halogens is 2. The summed E-state index contributed by atoms with van der Waals surface area (Å²) in [6.45, 7) is 2.35. The number of amides is 1. The van der Waals surface area contributed by atoms with E-state index in [4.69, 9.17) is 25.7 Å². The molecule has 0 spiro atoms. The standard InChI is InChI=1S/C25H18ClFN2O4/c1-13-20(23(28-33-13)22-17(26)7-4-8-18(22)27)25(30)29-24-15(12-32-29)11-31-19-10-9-14-5-2-3-6-16(14)21(19)24/h2-10,15,24H,11-12H2,1H3/t15-,24+/m0/s1. The topological polar surface area (TPSA) is 64.8 Å². The Kier molecular flexibility index (Phi) is 4.64. The lowest BCUT2D eigenvalue weighted by atomic mass is 9.88. The van der Waals surface area contributed by atoms with Gasteiger partial charge in [-0.25, -0.2) is 9.45 Å². The van der Waals surface area contributed by atoms with Crippen LogP contribution in [0.25, 0.3) is 22.0 Å². The first-order valence-electron chi connectivity index (χ1n) is 10.6. The van der Waals surface area contributed by atoms with E-state index in [0.29, 0.717) is 13.2 Å². The van der Waals surface area contributed by atoms with E-state index in [1.807, 2.05) is 36.4 Å². The highest BCUT2D eigenvalue weighted by Gasteiger charge is 2.46. The summed E-state index contributed by atoms with van der Waals surface area (Å²) >= 11 is 6.26. The molecule has 2 atom stereocenters. The summed E-state index contributed by atoms with van der Waals surface area (Å²) in [5.74, 6) is -0.124. The zero-order chi connectivity index (χ0) is 22.7. The molecular weight excluding hydrogens is 447 g/mol. The lowest BCUT2D eigenvalue weighted by Gasteiger charge is -2.32. The van der Waals surface area contributed by atoms with Crippen LogP contribution in [0.3, 0.4) is 0 Å². The van der Waals surface area contributed by atoms with Crippen molar-refractivity contribution in [2.24, 2.45) is 5.92 Å². The van der Waals surface area contributed by atoms with E-state index in [1.165, 1.54) is 17.2 Å². The first-order chi connectivity index (χ1) is 16.0. The van der Waals surface area contributed by atoms with Gasteiger partial charge >= 0.3 is 0 Å². The summed E-state index contributed by atoms with van der Waals surface area (Å²) < 4.78 is 26.0. The largest absolute Gasteiger partial charge is 0.493 e. The Bertz CT molecular complexity index is 1400.